The van der Waals surface area contributed by atoms with E-state index in [4.69, 9.17) is 0 Å². The van der Waals surface area contributed by atoms with Crippen molar-refractivity contribution in [2.45, 2.75) is 51.5 Å². The van der Waals surface area contributed by atoms with E-state index in [0.29, 0.717) is 37.9 Å². The largest absolute Gasteiger partial charge is 0.342 e. The molecule has 1 atom stereocenters. The SMILES string of the molecule is Cc1ccccc1C(=O)N[C@@H](C(=O)N1CCCCC1)C1CCN(C(=O)Cc2ccccc2)CC1. The average Bonchev–Trinajstić information content (AvgIpc) is 2.88. The molecule has 0 radical (unpaired) electrons. The Morgan fingerprint density at radius 2 is 1.50 bits per heavy atom. The molecular weight excluding hydrogens is 426 g/mol. The van der Waals surface area contributed by atoms with E-state index in [0.717, 1.165) is 43.5 Å². The van der Waals surface area contributed by atoms with Crippen molar-refractivity contribution in [2.75, 3.05) is 26.2 Å². The Balaban J connectivity index is 1.43. The molecule has 2 fully saturated rings. The molecule has 2 aliphatic rings. The maximum absolute atomic E-state index is 13.5. The number of likely N-dealkylation sites (tertiary alicyclic amines) is 2. The predicted molar refractivity (Wildman–Crippen MR) is 132 cm³/mol. The molecule has 0 bridgehead atoms. The van der Waals surface area contributed by atoms with Crippen LogP contribution in [0.5, 0.6) is 0 Å². The molecule has 0 unspecified atom stereocenters. The Hall–Kier alpha value is -3.15. The first-order valence-corrected chi connectivity index (χ1v) is 12.5. The number of amides is 3. The van der Waals surface area contributed by atoms with Gasteiger partial charge in [-0.25, -0.2) is 0 Å². The Morgan fingerprint density at radius 1 is 0.853 bits per heavy atom. The lowest BCUT2D eigenvalue weighted by Crippen LogP contribution is -2.55. The van der Waals surface area contributed by atoms with Crippen LogP contribution in [0.25, 0.3) is 0 Å². The Bertz CT molecular complexity index is 993. The molecule has 3 amide bonds. The first kappa shape index (κ1) is 24.0. The van der Waals surface area contributed by atoms with Gasteiger partial charge in [0.15, 0.2) is 0 Å². The highest BCUT2D eigenvalue weighted by Crippen LogP contribution is 2.25. The van der Waals surface area contributed by atoms with Gasteiger partial charge in [-0.3, -0.25) is 14.4 Å². The van der Waals surface area contributed by atoms with Gasteiger partial charge in [-0.05, 0) is 62.1 Å². The molecule has 6 nitrogen and oxygen atoms in total. The lowest BCUT2D eigenvalue weighted by atomic mass is 9.87. The van der Waals surface area contributed by atoms with Crippen LogP contribution >= 0.6 is 0 Å². The van der Waals surface area contributed by atoms with Crippen LogP contribution in [-0.4, -0.2) is 59.7 Å². The van der Waals surface area contributed by atoms with Gasteiger partial charge in [-0.1, -0.05) is 48.5 Å². The molecule has 2 aromatic carbocycles. The highest BCUT2D eigenvalue weighted by molar-refractivity contribution is 5.98. The average molecular weight is 462 g/mol. The van der Waals surface area contributed by atoms with Gasteiger partial charge in [0.05, 0.1) is 6.42 Å². The van der Waals surface area contributed by atoms with Crippen molar-refractivity contribution in [3.05, 3.63) is 71.3 Å². The highest BCUT2D eigenvalue weighted by atomic mass is 16.2. The summed E-state index contributed by atoms with van der Waals surface area (Å²) in [6, 6.07) is 16.7. The molecule has 1 N–H and O–H groups in total. The summed E-state index contributed by atoms with van der Waals surface area (Å²) in [6.07, 6.45) is 4.97. The van der Waals surface area contributed by atoms with Crippen molar-refractivity contribution in [3.63, 3.8) is 0 Å². The van der Waals surface area contributed by atoms with Gasteiger partial charge in [0.1, 0.15) is 6.04 Å². The minimum absolute atomic E-state index is 0.0168. The molecule has 34 heavy (non-hydrogen) atoms. The zero-order valence-corrected chi connectivity index (χ0v) is 20.0. The van der Waals surface area contributed by atoms with Gasteiger partial charge in [0, 0.05) is 31.7 Å². The van der Waals surface area contributed by atoms with Crippen LogP contribution in [0.1, 0.15) is 53.6 Å². The summed E-state index contributed by atoms with van der Waals surface area (Å²) >= 11 is 0. The fourth-order valence-corrected chi connectivity index (χ4v) is 5.10. The van der Waals surface area contributed by atoms with Gasteiger partial charge in [-0.2, -0.15) is 0 Å². The fourth-order valence-electron chi connectivity index (χ4n) is 5.10. The molecular formula is C28H35N3O3. The van der Waals surface area contributed by atoms with Crippen LogP contribution in [0, 0.1) is 12.8 Å². The number of hydrogen-bond acceptors (Lipinski definition) is 3. The number of aryl methyl sites for hydroxylation is 1. The van der Waals surface area contributed by atoms with E-state index in [1.807, 2.05) is 65.3 Å². The molecule has 2 aliphatic heterocycles. The second kappa shape index (κ2) is 11.3. The number of rotatable bonds is 6. The van der Waals surface area contributed by atoms with Crippen LogP contribution in [0.3, 0.4) is 0 Å². The van der Waals surface area contributed by atoms with Crippen molar-refractivity contribution in [2.24, 2.45) is 5.92 Å². The van der Waals surface area contributed by atoms with E-state index >= 15 is 0 Å². The highest BCUT2D eigenvalue weighted by Gasteiger charge is 2.36. The van der Waals surface area contributed by atoms with E-state index in [1.54, 1.807) is 6.07 Å². The fraction of sp³-hybridized carbons (Fsp3) is 0.464. The molecule has 2 heterocycles. The standard InChI is InChI=1S/C28H35N3O3/c1-21-10-6-7-13-24(21)27(33)29-26(28(34)31-16-8-3-9-17-31)23-14-18-30(19-15-23)25(32)20-22-11-4-2-5-12-22/h2,4-7,10-13,23,26H,3,8-9,14-20H2,1H3,(H,29,33)/t26-/m1/s1. The first-order valence-electron chi connectivity index (χ1n) is 12.5. The third-order valence-corrected chi connectivity index (χ3v) is 7.17. The van der Waals surface area contributed by atoms with Crippen molar-refractivity contribution >= 4 is 17.7 Å². The van der Waals surface area contributed by atoms with Crippen LogP contribution in [0.4, 0.5) is 0 Å². The Labute approximate surface area is 202 Å². The maximum atomic E-state index is 13.5. The van der Waals surface area contributed by atoms with E-state index in [9.17, 15) is 14.4 Å². The molecule has 0 aliphatic carbocycles. The summed E-state index contributed by atoms with van der Waals surface area (Å²) < 4.78 is 0. The third kappa shape index (κ3) is 5.85. The van der Waals surface area contributed by atoms with Crippen molar-refractivity contribution in [1.29, 1.82) is 0 Å². The van der Waals surface area contributed by atoms with Crippen molar-refractivity contribution in [1.82, 2.24) is 15.1 Å². The number of carbonyl (C=O) groups excluding carboxylic acids is 3. The summed E-state index contributed by atoms with van der Waals surface area (Å²) in [4.78, 5) is 43.3. The van der Waals surface area contributed by atoms with Crippen LogP contribution in [0.2, 0.25) is 0 Å². The number of piperidine rings is 2. The number of hydrogen-bond donors (Lipinski definition) is 1. The summed E-state index contributed by atoms with van der Waals surface area (Å²) in [6.45, 7) is 4.64. The Kier molecular flexibility index (Phi) is 7.99. The molecule has 0 aromatic heterocycles. The zero-order valence-electron chi connectivity index (χ0n) is 20.0. The predicted octanol–water partition coefficient (Wildman–Crippen LogP) is 3.59. The Morgan fingerprint density at radius 3 is 2.18 bits per heavy atom. The summed E-state index contributed by atoms with van der Waals surface area (Å²) in [5, 5.41) is 3.09. The van der Waals surface area contributed by atoms with Gasteiger partial charge in [0.2, 0.25) is 11.8 Å². The normalized spacial score (nSPS) is 17.8. The van der Waals surface area contributed by atoms with Crippen LogP contribution < -0.4 is 5.32 Å². The molecule has 0 saturated carbocycles. The molecule has 6 heteroatoms. The number of benzene rings is 2. The number of nitrogens with zero attached hydrogens (tertiary/aromatic N) is 2. The van der Waals surface area contributed by atoms with Crippen LogP contribution in [-0.2, 0) is 16.0 Å². The summed E-state index contributed by atoms with van der Waals surface area (Å²) in [5.74, 6) is -0.0394. The van der Waals surface area contributed by atoms with Crippen molar-refractivity contribution in [3.8, 4) is 0 Å². The zero-order chi connectivity index (χ0) is 23.9. The maximum Gasteiger partial charge on any atom is 0.252 e. The van der Waals surface area contributed by atoms with E-state index in [-0.39, 0.29) is 23.6 Å². The first-order chi connectivity index (χ1) is 16.5. The number of carbonyl (C=O) groups is 3. The number of nitrogens with one attached hydrogen (secondary N) is 1. The lowest BCUT2D eigenvalue weighted by Gasteiger charge is -2.38. The van der Waals surface area contributed by atoms with Gasteiger partial charge in [0.25, 0.3) is 5.91 Å². The summed E-state index contributed by atoms with van der Waals surface area (Å²) in [5.41, 5.74) is 2.51. The minimum Gasteiger partial charge on any atom is -0.342 e. The molecule has 2 aromatic rings. The molecule has 180 valence electrons. The van der Waals surface area contributed by atoms with Gasteiger partial charge < -0.3 is 15.1 Å². The van der Waals surface area contributed by atoms with Gasteiger partial charge >= 0.3 is 0 Å². The minimum atomic E-state index is -0.559. The van der Waals surface area contributed by atoms with Crippen molar-refractivity contribution < 1.29 is 14.4 Å². The molecule has 4 rings (SSSR count). The molecule has 2 saturated heterocycles. The van der Waals surface area contributed by atoms with Gasteiger partial charge in [-0.15, -0.1) is 0 Å². The van der Waals surface area contributed by atoms with E-state index < -0.39 is 6.04 Å². The smallest absolute Gasteiger partial charge is 0.252 e. The second-order valence-corrected chi connectivity index (χ2v) is 9.53. The van der Waals surface area contributed by atoms with E-state index in [1.165, 1.54) is 0 Å². The van der Waals surface area contributed by atoms with Crippen LogP contribution in [0.15, 0.2) is 54.6 Å². The monoisotopic (exact) mass is 461 g/mol. The lowest BCUT2D eigenvalue weighted by molar-refractivity contribution is -0.136. The topological polar surface area (TPSA) is 69.7 Å². The molecule has 0 spiro atoms. The van der Waals surface area contributed by atoms with E-state index in [2.05, 4.69) is 5.32 Å². The second-order valence-electron chi connectivity index (χ2n) is 9.53. The summed E-state index contributed by atoms with van der Waals surface area (Å²) in [7, 11) is 0. The third-order valence-electron chi connectivity index (χ3n) is 7.17. The quantitative estimate of drug-likeness (QED) is 0.715.